The third-order valence-corrected chi connectivity index (χ3v) is 2.55. The number of rotatable bonds is 5. The van der Waals surface area contributed by atoms with Crippen LogP contribution in [0.15, 0.2) is 35.4 Å². The fourth-order valence-corrected chi connectivity index (χ4v) is 1.76. The van der Waals surface area contributed by atoms with E-state index in [2.05, 4.69) is 20.5 Å². The Morgan fingerprint density at radius 3 is 2.40 bits per heavy atom. The molecule has 0 spiro atoms. The van der Waals surface area contributed by atoms with Gasteiger partial charge in [0, 0.05) is 11.4 Å². The number of nitrogens with zero attached hydrogens (tertiary/aromatic N) is 3. The highest BCUT2D eigenvalue weighted by Crippen LogP contribution is 2.11. The smallest absolute Gasteiger partial charge is 0.243 e. The molecule has 1 N–H and O–H groups in total. The first-order valence-electron chi connectivity index (χ1n) is 6.51. The molecule has 0 aliphatic heterocycles. The van der Waals surface area contributed by atoms with Crippen LogP contribution in [-0.2, 0) is 0 Å². The normalized spacial score (nSPS) is 10.8. The molecule has 20 heavy (non-hydrogen) atoms. The molecule has 0 fully saturated rings. The number of aromatic nitrogens is 2. The van der Waals surface area contributed by atoms with E-state index in [4.69, 9.17) is 4.74 Å². The Bertz CT molecular complexity index is 573. The van der Waals surface area contributed by atoms with Crippen molar-refractivity contribution in [2.24, 2.45) is 5.10 Å². The summed E-state index contributed by atoms with van der Waals surface area (Å²) in [5, 5.41) is 4.13. The Morgan fingerprint density at radius 1 is 1.15 bits per heavy atom. The second kappa shape index (κ2) is 6.65. The lowest BCUT2D eigenvalue weighted by molar-refractivity contribution is 0.340. The van der Waals surface area contributed by atoms with E-state index in [0.29, 0.717) is 12.6 Å². The molecule has 0 aliphatic carbocycles. The van der Waals surface area contributed by atoms with Crippen LogP contribution in [0.4, 0.5) is 5.95 Å². The van der Waals surface area contributed by atoms with Gasteiger partial charge in [-0.3, -0.25) is 0 Å². The lowest BCUT2D eigenvalue weighted by Gasteiger charge is -2.03. The maximum absolute atomic E-state index is 5.38. The molecule has 0 unspecified atom stereocenters. The topological polar surface area (TPSA) is 59.4 Å². The Kier molecular flexibility index (Phi) is 4.65. The molecule has 1 aromatic heterocycles. The summed E-state index contributed by atoms with van der Waals surface area (Å²) in [4.78, 5) is 8.50. The van der Waals surface area contributed by atoms with Crippen molar-refractivity contribution >= 4 is 12.2 Å². The summed E-state index contributed by atoms with van der Waals surface area (Å²) in [6.07, 6.45) is 1.72. The van der Waals surface area contributed by atoms with Crippen LogP contribution in [0.3, 0.4) is 0 Å². The van der Waals surface area contributed by atoms with Crippen LogP contribution in [0.1, 0.15) is 23.9 Å². The lowest BCUT2D eigenvalue weighted by Crippen LogP contribution is -1.99. The largest absolute Gasteiger partial charge is 0.494 e. The molecule has 2 aromatic rings. The molecule has 104 valence electrons. The van der Waals surface area contributed by atoms with Gasteiger partial charge in [-0.05, 0) is 56.7 Å². The molecule has 0 radical (unpaired) electrons. The number of anilines is 1. The van der Waals surface area contributed by atoms with Crippen molar-refractivity contribution in [1.82, 2.24) is 9.97 Å². The number of benzene rings is 1. The Morgan fingerprint density at radius 2 is 1.80 bits per heavy atom. The Labute approximate surface area is 118 Å². The first kappa shape index (κ1) is 14.0. The number of aryl methyl sites for hydroxylation is 2. The van der Waals surface area contributed by atoms with Gasteiger partial charge in [0.25, 0.3) is 0 Å². The summed E-state index contributed by atoms with van der Waals surface area (Å²) >= 11 is 0. The van der Waals surface area contributed by atoms with Crippen LogP contribution in [0.2, 0.25) is 0 Å². The quantitative estimate of drug-likeness (QED) is 0.670. The molecule has 5 nitrogen and oxygen atoms in total. The van der Waals surface area contributed by atoms with Gasteiger partial charge in [0.15, 0.2) is 0 Å². The fraction of sp³-hybridized carbons (Fsp3) is 0.267. The molecule has 1 aromatic carbocycles. The molecular weight excluding hydrogens is 252 g/mol. The zero-order chi connectivity index (χ0) is 14.4. The molecule has 0 aliphatic rings. The number of nitrogens with one attached hydrogen (secondary N) is 1. The number of hydrogen-bond acceptors (Lipinski definition) is 5. The van der Waals surface area contributed by atoms with E-state index >= 15 is 0 Å². The molecule has 5 heteroatoms. The summed E-state index contributed by atoms with van der Waals surface area (Å²) < 4.78 is 5.38. The molecule has 0 amide bonds. The van der Waals surface area contributed by atoms with Gasteiger partial charge in [-0.25, -0.2) is 15.4 Å². The molecule has 0 saturated carbocycles. The molecular formula is C15H18N4O. The SMILES string of the molecule is CCOc1ccc(C=NNc2nc(C)cc(C)n2)cc1. The summed E-state index contributed by atoms with van der Waals surface area (Å²) in [5.74, 6) is 1.36. The van der Waals surface area contributed by atoms with Crippen LogP contribution in [0, 0.1) is 13.8 Å². The standard InChI is InChI=1S/C15H18N4O/c1-4-20-14-7-5-13(6-8-14)10-16-19-15-17-11(2)9-12(3)18-15/h5-10H,4H2,1-3H3,(H,17,18,19). The highest BCUT2D eigenvalue weighted by Gasteiger charge is 1.97. The van der Waals surface area contributed by atoms with Crippen molar-refractivity contribution < 1.29 is 4.74 Å². The fourth-order valence-electron chi connectivity index (χ4n) is 1.76. The molecule has 0 saturated heterocycles. The van der Waals surface area contributed by atoms with Gasteiger partial charge in [0.05, 0.1) is 12.8 Å². The summed E-state index contributed by atoms with van der Waals surface area (Å²) in [6.45, 7) is 6.48. The molecule has 0 atom stereocenters. The molecule has 1 heterocycles. The first-order valence-corrected chi connectivity index (χ1v) is 6.51. The number of ether oxygens (including phenoxy) is 1. The van der Waals surface area contributed by atoms with Crippen LogP contribution in [0.25, 0.3) is 0 Å². The van der Waals surface area contributed by atoms with Crippen molar-refractivity contribution in [3.8, 4) is 5.75 Å². The van der Waals surface area contributed by atoms with Crippen molar-refractivity contribution in [3.05, 3.63) is 47.3 Å². The maximum atomic E-state index is 5.38. The highest BCUT2D eigenvalue weighted by atomic mass is 16.5. The minimum absolute atomic E-state index is 0.504. The average molecular weight is 270 g/mol. The predicted octanol–water partition coefficient (Wildman–Crippen LogP) is 2.94. The van der Waals surface area contributed by atoms with E-state index in [1.54, 1.807) is 6.21 Å². The van der Waals surface area contributed by atoms with Gasteiger partial charge in [0.2, 0.25) is 5.95 Å². The van der Waals surface area contributed by atoms with E-state index in [1.165, 1.54) is 0 Å². The van der Waals surface area contributed by atoms with Crippen molar-refractivity contribution in [2.45, 2.75) is 20.8 Å². The predicted molar refractivity (Wildman–Crippen MR) is 80.3 cm³/mol. The van der Waals surface area contributed by atoms with Crippen LogP contribution < -0.4 is 10.2 Å². The maximum Gasteiger partial charge on any atom is 0.243 e. The Hall–Kier alpha value is -2.43. The van der Waals surface area contributed by atoms with Gasteiger partial charge in [-0.15, -0.1) is 0 Å². The lowest BCUT2D eigenvalue weighted by atomic mass is 10.2. The third-order valence-electron chi connectivity index (χ3n) is 2.55. The average Bonchev–Trinajstić information content (AvgIpc) is 2.40. The van der Waals surface area contributed by atoms with Gasteiger partial charge in [0.1, 0.15) is 5.75 Å². The second-order valence-electron chi connectivity index (χ2n) is 4.35. The Balaban J connectivity index is 1.98. The zero-order valence-corrected chi connectivity index (χ0v) is 11.9. The first-order chi connectivity index (χ1) is 9.67. The van der Waals surface area contributed by atoms with Gasteiger partial charge < -0.3 is 4.74 Å². The van der Waals surface area contributed by atoms with Gasteiger partial charge in [-0.1, -0.05) is 0 Å². The number of hydrogen-bond donors (Lipinski definition) is 1. The van der Waals surface area contributed by atoms with Gasteiger partial charge in [-0.2, -0.15) is 5.10 Å². The summed E-state index contributed by atoms with van der Waals surface area (Å²) in [6, 6.07) is 9.63. The van der Waals surface area contributed by atoms with Crippen molar-refractivity contribution in [1.29, 1.82) is 0 Å². The van der Waals surface area contributed by atoms with E-state index < -0.39 is 0 Å². The van der Waals surface area contributed by atoms with Crippen molar-refractivity contribution in [2.75, 3.05) is 12.0 Å². The minimum Gasteiger partial charge on any atom is -0.494 e. The minimum atomic E-state index is 0.504. The van der Waals surface area contributed by atoms with Crippen molar-refractivity contribution in [3.63, 3.8) is 0 Å². The third kappa shape index (κ3) is 4.05. The van der Waals surface area contributed by atoms with E-state index in [-0.39, 0.29) is 0 Å². The molecule has 2 rings (SSSR count). The van der Waals surface area contributed by atoms with E-state index in [9.17, 15) is 0 Å². The summed E-state index contributed by atoms with van der Waals surface area (Å²) in [7, 11) is 0. The number of hydrazone groups is 1. The van der Waals surface area contributed by atoms with E-state index in [0.717, 1.165) is 22.7 Å². The van der Waals surface area contributed by atoms with Crippen LogP contribution in [-0.4, -0.2) is 22.8 Å². The highest BCUT2D eigenvalue weighted by molar-refractivity contribution is 5.80. The second-order valence-corrected chi connectivity index (χ2v) is 4.35. The zero-order valence-electron chi connectivity index (χ0n) is 11.9. The van der Waals surface area contributed by atoms with Crippen LogP contribution >= 0.6 is 0 Å². The van der Waals surface area contributed by atoms with Crippen LogP contribution in [0.5, 0.6) is 5.75 Å². The monoisotopic (exact) mass is 270 g/mol. The van der Waals surface area contributed by atoms with Gasteiger partial charge >= 0.3 is 0 Å². The summed E-state index contributed by atoms with van der Waals surface area (Å²) in [5.41, 5.74) is 5.63. The van der Waals surface area contributed by atoms with E-state index in [1.807, 2.05) is 51.1 Å². The molecule has 0 bridgehead atoms.